The van der Waals surface area contributed by atoms with Crippen molar-refractivity contribution >= 4 is 11.9 Å². The lowest BCUT2D eigenvalue weighted by molar-refractivity contribution is -0.137. The van der Waals surface area contributed by atoms with E-state index in [0.717, 1.165) is 0 Å². The summed E-state index contributed by atoms with van der Waals surface area (Å²) in [5.74, 6) is -0.370. The van der Waals surface area contributed by atoms with Crippen LogP contribution in [0.3, 0.4) is 0 Å². The Balaban J connectivity index is 3.39. The van der Waals surface area contributed by atoms with Crippen LogP contribution in [0, 0.1) is 0 Å². The average molecular weight is 258 g/mol. The molecule has 0 aliphatic rings. The van der Waals surface area contributed by atoms with E-state index >= 15 is 0 Å². The zero-order valence-corrected chi connectivity index (χ0v) is 11.0. The lowest BCUT2D eigenvalue weighted by atomic mass is 10.4. The van der Waals surface area contributed by atoms with Crippen molar-refractivity contribution in [3.05, 3.63) is 12.2 Å². The predicted molar refractivity (Wildman–Crippen MR) is 68.1 cm³/mol. The fraction of sp³-hybridized carbons (Fsp3) is 0.667. The van der Waals surface area contributed by atoms with Gasteiger partial charge in [-0.2, -0.15) is 0 Å². The van der Waals surface area contributed by atoms with Crippen molar-refractivity contribution < 1.29 is 19.1 Å². The third-order valence-electron chi connectivity index (χ3n) is 1.96. The number of ether oxygens (including phenoxy) is 2. The van der Waals surface area contributed by atoms with E-state index in [4.69, 9.17) is 9.47 Å². The molecular weight excluding hydrogens is 236 g/mol. The average Bonchev–Trinajstić information content (AvgIpc) is 2.34. The molecule has 104 valence electrons. The Kier molecular flexibility index (Phi) is 11.1. The standard InChI is InChI=1S/C12H22N2O4/c1-3-18-12(16)5-4-7-13-8-6-11(15)14-9-10-17-2/h4-5,13H,3,6-10H2,1-2H3,(H,14,15)/b5-4+. The number of carbonyl (C=O) groups excluding carboxylic acids is 2. The summed E-state index contributed by atoms with van der Waals surface area (Å²) in [5.41, 5.74) is 0. The van der Waals surface area contributed by atoms with E-state index in [0.29, 0.717) is 39.3 Å². The molecule has 0 atom stereocenters. The van der Waals surface area contributed by atoms with Gasteiger partial charge in [0.25, 0.3) is 0 Å². The minimum absolute atomic E-state index is 0.0195. The largest absolute Gasteiger partial charge is 0.463 e. The van der Waals surface area contributed by atoms with E-state index < -0.39 is 0 Å². The molecular formula is C12H22N2O4. The fourth-order valence-corrected chi connectivity index (χ4v) is 1.11. The van der Waals surface area contributed by atoms with Crippen LogP contribution < -0.4 is 10.6 Å². The maximum absolute atomic E-state index is 11.2. The molecule has 0 aromatic heterocycles. The Bertz CT molecular complexity index is 267. The summed E-state index contributed by atoms with van der Waals surface area (Å²) >= 11 is 0. The number of nitrogens with one attached hydrogen (secondary N) is 2. The van der Waals surface area contributed by atoms with Gasteiger partial charge in [0.1, 0.15) is 0 Å². The van der Waals surface area contributed by atoms with Crippen LogP contribution in [-0.2, 0) is 19.1 Å². The van der Waals surface area contributed by atoms with Gasteiger partial charge in [-0.05, 0) is 6.92 Å². The molecule has 0 radical (unpaired) electrons. The summed E-state index contributed by atoms with van der Waals surface area (Å²) in [5, 5.41) is 5.73. The Hall–Kier alpha value is -1.40. The normalized spacial score (nSPS) is 10.6. The van der Waals surface area contributed by atoms with Crippen LogP contribution in [0.5, 0.6) is 0 Å². The number of hydrogen-bond donors (Lipinski definition) is 2. The van der Waals surface area contributed by atoms with Crippen LogP contribution in [0.2, 0.25) is 0 Å². The van der Waals surface area contributed by atoms with Crippen LogP contribution >= 0.6 is 0 Å². The van der Waals surface area contributed by atoms with Crippen LogP contribution in [0.25, 0.3) is 0 Å². The first-order chi connectivity index (χ1) is 8.70. The quantitative estimate of drug-likeness (QED) is 0.324. The lowest BCUT2D eigenvalue weighted by Crippen LogP contribution is -2.30. The van der Waals surface area contributed by atoms with Gasteiger partial charge < -0.3 is 20.1 Å². The van der Waals surface area contributed by atoms with Crippen molar-refractivity contribution in [2.75, 3.05) is 40.0 Å². The predicted octanol–water partition coefficient (Wildman–Crippen LogP) is -0.152. The van der Waals surface area contributed by atoms with Crippen molar-refractivity contribution in [1.29, 1.82) is 0 Å². The maximum Gasteiger partial charge on any atom is 0.330 e. The highest BCUT2D eigenvalue weighted by molar-refractivity contribution is 5.81. The molecule has 0 aromatic carbocycles. The van der Waals surface area contributed by atoms with Gasteiger partial charge in [-0.1, -0.05) is 6.08 Å². The number of hydrogen-bond acceptors (Lipinski definition) is 5. The molecule has 0 aliphatic carbocycles. The SMILES string of the molecule is CCOC(=O)/C=C/CNCCC(=O)NCCOC. The van der Waals surface area contributed by atoms with Crippen molar-refractivity contribution in [2.24, 2.45) is 0 Å². The highest BCUT2D eigenvalue weighted by atomic mass is 16.5. The first-order valence-electron chi connectivity index (χ1n) is 6.00. The third-order valence-corrected chi connectivity index (χ3v) is 1.96. The Labute approximate surface area is 108 Å². The Morgan fingerprint density at radius 1 is 1.28 bits per heavy atom. The van der Waals surface area contributed by atoms with Gasteiger partial charge in [0.15, 0.2) is 0 Å². The zero-order chi connectivity index (χ0) is 13.6. The monoisotopic (exact) mass is 258 g/mol. The maximum atomic E-state index is 11.2. The van der Waals surface area contributed by atoms with E-state index in [1.165, 1.54) is 6.08 Å². The van der Waals surface area contributed by atoms with Crippen molar-refractivity contribution in [2.45, 2.75) is 13.3 Å². The number of rotatable bonds is 10. The van der Waals surface area contributed by atoms with Gasteiger partial charge >= 0.3 is 5.97 Å². The minimum atomic E-state index is -0.350. The molecule has 0 aliphatic heterocycles. The van der Waals surface area contributed by atoms with Gasteiger partial charge in [0.05, 0.1) is 13.2 Å². The number of esters is 1. The van der Waals surface area contributed by atoms with E-state index in [2.05, 4.69) is 10.6 Å². The molecule has 2 N–H and O–H groups in total. The smallest absolute Gasteiger partial charge is 0.330 e. The molecule has 0 rings (SSSR count). The van der Waals surface area contributed by atoms with E-state index in [-0.39, 0.29) is 11.9 Å². The van der Waals surface area contributed by atoms with Gasteiger partial charge in [0.2, 0.25) is 5.91 Å². The van der Waals surface area contributed by atoms with Gasteiger partial charge in [-0.25, -0.2) is 4.79 Å². The van der Waals surface area contributed by atoms with E-state index in [1.54, 1.807) is 20.1 Å². The molecule has 6 heteroatoms. The highest BCUT2D eigenvalue weighted by Gasteiger charge is 1.98. The van der Waals surface area contributed by atoms with Gasteiger partial charge in [-0.3, -0.25) is 4.79 Å². The molecule has 18 heavy (non-hydrogen) atoms. The van der Waals surface area contributed by atoms with Crippen LogP contribution in [-0.4, -0.2) is 51.8 Å². The zero-order valence-electron chi connectivity index (χ0n) is 11.0. The van der Waals surface area contributed by atoms with Gasteiger partial charge in [-0.15, -0.1) is 0 Å². The van der Waals surface area contributed by atoms with Crippen molar-refractivity contribution in [3.63, 3.8) is 0 Å². The molecule has 6 nitrogen and oxygen atoms in total. The number of amides is 1. The Morgan fingerprint density at radius 3 is 2.72 bits per heavy atom. The summed E-state index contributed by atoms with van der Waals surface area (Å²) < 4.78 is 9.52. The summed E-state index contributed by atoms with van der Waals surface area (Å²) in [4.78, 5) is 22.2. The van der Waals surface area contributed by atoms with Crippen LogP contribution in [0.15, 0.2) is 12.2 Å². The Morgan fingerprint density at radius 2 is 2.06 bits per heavy atom. The first-order valence-corrected chi connectivity index (χ1v) is 6.00. The third kappa shape index (κ3) is 11.1. The molecule has 0 fully saturated rings. The molecule has 0 bridgehead atoms. The summed E-state index contributed by atoms with van der Waals surface area (Å²) in [6.07, 6.45) is 3.44. The van der Waals surface area contributed by atoms with Crippen molar-refractivity contribution in [1.82, 2.24) is 10.6 Å². The fourth-order valence-electron chi connectivity index (χ4n) is 1.11. The molecule has 1 amide bonds. The summed E-state index contributed by atoms with van der Waals surface area (Å²) in [6.45, 7) is 4.26. The second-order valence-corrected chi connectivity index (χ2v) is 3.45. The topological polar surface area (TPSA) is 76.7 Å². The van der Waals surface area contributed by atoms with E-state index in [1.807, 2.05) is 0 Å². The molecule has 0 aromatic rings. The summed E-state index contributed by atoms with van der Waals surface area (Å²) in [7, 11) is 1.59. The van der Waals surface area contributed by atoms with Crippen LogP contribution in [0.1, 0.15) is 13.3 Å². The molecule has 0 heterocycles. The lowest BCUT2D eigenvalue weighted by Gasteiger charge is -2.04. The number of carbonyl (C=O) groups is 2. The number of methoxy groups -OCH3 is 1. The second kappa shape index (κ2) is 12.1. The molecule has 0 spiro atoms. The van der Waals surface area contributed by atoms with Crippen molar-refractivity contribution in [3.8, 4) is 0 Å². The minimum Gasteiger partial charge on any atom is -0.463 e. The van der Waals surface area contributed by atoms with Crippen LogP contribution in [0.4, 0.5) is 0 Å². The highest BCUT2D eigenvalue weighted by Crippen LogP contribution is 1.81. The van der Waals surface area contributed by atoms with Gasteiger partial charge in [0, 0.05) is 39.2 Å². The molecule has 0 saturated heterocycles. The first kappa shape index (κ1) is 16.6. The second-order valence-electron chi connectivity index (χ2n) is 3.45. The summed E-state index contributed by atoms with van der Waals surface area (Å²) in [6, 6.07) is 0. The van der Waals surface area contributed by atoms with E-state index in [9.17, 15) is 9.59 Å². The molecule has 0 unspecified atom stereocenters. The molecule has 0 saturated carbocycles.